The molecule has 0 heterocycles. The molecule has 0 aliphatic rings. The molecule has 5 heteroatoms. The number of hydrogen-bond acceptors (Lipinski definition) is 5. The Morgan fingerprint density at radius 3 is 2.65 bits per heavy atom. The van der Waals surface area contributed by atoms with E-state index in [2.05, 4.69) is 4.74 Å². The second-order valence-electron chi connectivity index (χ2n) is 3.35. The summed E-state index contributed by atoms with van der Waals surface area (Å²) in [5, 5.41) is 9.11. The van der Waals surface area contributed by atoms with Crippen LogP contribution in [0.25, 0.3) is 0 Å². The first-order chi connectivity index (χ1) is 8.17. The number of esters is 1. The summed E-state index contributed by atoms with van der Waals surface area (Å²) in [4.78, 5) is 11.3. The molecule has 0 saturated carbocycles. The maximum Gasteiger partial charge on any atom is 0.310 e. The average molecular weight is 234 g/mol. The van der Waals surface area contributed by atoms with Gasteiger partial charge in [0.2, 0.25) is 0 Å². The van der Waals surface area contributed by atoms with Crippen LogP contribution in [0.3, 0.4) is 0 Å². The minimum absolute atomic E-state index is 0.0170. The van der Waals surface area contributed by atoms with Gasteiger partial charge in [0.25, 0.3) is 0 Å². The van der Waals surface area contributed by atoms with Crippen LogP contribution in [-0.2, 0) is 22.5 Å². The monoisotopic (exact) mass is 234 g/mol. The Bertz CT molecular complexity index is 464. The number of hydrogen-bond donors (Lipinski definition) is 1. The van der Waals surface area contributed by atoms with E-state index in [1.54, 1.807) is 12.1 Å². The smallest absolute Gasteiger partial charge is 0.310 e. The van der Waals surface area contributed by atoms with Crippen molar-refractivity contribution in [3.8, 4) is 11.8 Å². The summed E-state index contributed by atoms with van der Waals surface area (Å²) < 4.78 is 9.67. The zero-order chi connectivity index (χ0) is 12.8. The third kappa shape index (κ3) is 2.74. The first kappa shape index (κ1) is 13.0. The van der Waals surface area contributed by atoms with E-state index in [0.717, 1.165) is 5.56 Å². The quantitative estimate of drug-likeness (QED) is 0.776. The van der Waals surface area contributed by atoms with E-state index in [4.69, 9.17) is 15.7 Å². The Hall–Kier alpha value is -2.06. The predicted molar refractivity (Wildman–Crippen MR) is 61.3 cm³/mol. The summed E-state index contributed by atoms with van der Waals surface area (Å²) in [6.45, 7) is 0.255. The molecular weight excluding hydrogens is 220 g/mol. The van der Waals surface area contributed by atoms with E-state index >= 15 is 0 Å². The molecule has 0 aliphatic heterocycles. The molecule has 0 fully saturated rings. The second kappa shape index (κ2) is 5.87. The fraction of sp³-hybridized carbons (Fsp3) is 0.333. The SMILES string of the molecule is COC(=O)Cc1c(CN)ccc(OC)c1C#N. The van der Waals surface area contributed by atoms with Gasteiger partial charge in [-0.05, 0) is 17.2 Å². The fourth-order valence-electron chi connectivity index (χ4n) is 1.57. The van der Waals surface area contributed by atoms with Crippen molar-refractivity contribution in [2.75, 3.05) is 14.2 Å². The van der Waals surface area contributed by atoms with Crippen LogP contribution in [0.2, 0.25) is 0 Å². The zero-order valence-corrected chi connectivity index (χ0v) is 9.82. The Labute approximate surface area is 99.7 Å². The summed E-state index contributed by atoms with van der Waals surface area (Å²) in [5.41, 5.74) is 7.23. The van der Waals surface area contributed by atoms with Gasteiger partial charge in [0.1, 0.15) is 11.8 Å². The van der Waals surface area contributed by atoms with Gasteiger partial charge in [-0.2, -0.15) is 5.26 Å². The summed E-state index contributed by atoms with van der Waals surface area (Å²) >= 11 is 0. The maximum absolute atomic E-state index is 11.3. The van der Waals surface area contributed by atoms with Crippen molar-refractivity contribution >= 4 is 5.97 Å². The molecule has 1 aromatic carbocycles. The lowest BCUT2D eigenvalue weighted by Gasteiger charge is -2.12. The molecule has 17 heavy (non-hydrogen) atoms. The van der Waals surface area contributed by atoms with Crippen LogP contribution in [0.15, 0.2) is 12.1 Å². The van der Waals surface area contributed by atoms with Crippen molar-refractivity contribution in [1.82, 2.24) is 0 Å². The summed E-state index contributed by atoms with van der Waals surface area (Å²) in [6, 6.07) is 5.45. The van der Waals surface area contributed by atoms with Crippen LogP contribution in [0.4, 0.5) is 0 Å². The van der Waals surface area contributed by atoms with Crippen molar-refractivity contribution in [3.05, 3.63) is 28.8 Å². The topological polar surface area (TPSA) is 85.3 Å². The van der Waals surface area contributed by atoms with Crippen molar-refractivity contribution in [3.63, 3.8) is 0 Å². The van der Waals surface area contributed by atoms with Gasteiger partial charge < -0.3 is 15.2 Å². The highest BCUT2D eigenvalue weighted by Crippen LogP contribution is 2.25. The molecule has 0 amide bonds. The number of methoxy groups -OCH3 is 2. The molecule has 0 unspecified atom stereocenters. The lowest BCUT2D eigenvalue weighted by atomic mass is 9.98. The van der Waals surface area contributed by atoms with Gasteiger partial charge in [0.15, 0.2) is 0 Å². The van der Waals surface area contributed by atoms with Gasteiger partial charge in [-0.3, -0.25) is 4.79 Å². The van der Waals surface area contributed by atoms with Gasteiger partial charge in [0.05, 0.1) is 26.2 Å². The average Bonchev–Trinajstić information content (AvgIpc) is 2.37. The van der Waals surface area contributed by atoms with Crippen LogP contribution in [0.5, 0.6) is 5.75 Å². The van der Waals surface area contributed by atoms with E-state index in [1.165, 1.54) is 14.2 Å². The van der Waals surface area contributed by atoms with E-state index < -0.39 is 5.97 Å². The fourth-order valence-corrected chi connectivity index (χ4v) is 1.57. The van der Waals surface area contributed by atoms with Crippen molar-refractivity contribution in [2.45, 2.75) is 13.0 Å². The number of carbonyl (C=O) groups excluding carboxylic acids is 1. The third-order valence-corrected chi connectivity index (χ3v) is 2.47. The Kier molecular flexibility index (Phi) is 4.49. The normalized spacial score (nSPS) is 9.53. The molecule has 0 bridgehead atoms. The van der Waals surface area contributed by atoms with E-state index in [1.807, 2.05) is 6.07 Å². The summed E-state index contributed by atoms with van der Waals surface area (Å²) in [5.74, 6) is 0.0213. The number of ether oxygens (including phenoxy) is 2. The number of benzene rings is 1. The molecule has 90 valence electrons. The Morgan fingerprint density at radius 2 is 2.18 bits per heavy atom. The van der Waals surface area contributed by atoms with Gasteiger partial charge in [0, 0.05) is 6.54 Å². The molecule has 0 spiro atoms. The van der Waals surface area contributed by atoms with Gasteiger partial charge >= 0.3 is 5.97 Å². The number of carbonyl (C=O) groups is 1. The van der Waals surface area contributed by atoms with Crippen molar-refractivity contribution < 1.29 is 14.3 Å². The molecule has 0 aromatic heterocycles. The van der Waals surface area contributed by atoms with Crippen LogP contribution >= 0.6 is 0 Å². The van der Waals surface area contributed by atoms with Crippen LogP contribution in [0.1, 0.15) is 16.7 Å². The maximum atomic E-state index is 11.3. The highest BCUT2D eigenvalue weighted by atomic mass is 16.5. The van der Waals surface area contributed by atoms with Crippen molar-refractivity contribution in [1.29, 1.82) is 5.26 Å². The lowest BCUT2D eigenvalue weighted by Crippen LogP contribution is -2.11. The molecular formula is C12H14N2O3. The molecule has 0 atom stereocenters. The van der Waals surface area contributed by atoms with E-state index in [9.17, 15) is 4.79 Å². The first-order valence-electron chi connectivity index (χ1n) is 5.03. The van der Waals surface area contributed by atoms with E-state index in [-0.39, 0.29) is 13.0 Å². The summed E-state index contributed by atoms with van der Waals surface area (Å²) in [7, 11) is 2.77. The molecule has 0 radical (unpaired) electrons. The minimum Gasteiger partial charge on any atom is -0.495 e. The minimum atomic E-state index is -0.413. The number of rotatable bonds is 4. The number of nitriles is 1. The van der Waals surface area contributed by atoms with Gasteiger partial charge in [-0.1, -0.05) is 6.07 Å². The van der Waals surface area contributed by atoms with Crippen LogP contribution < -0.4 is 10.5 Å². The Balaban J connectivity index is 3.31. The van der Waals surface area contributed by atoms with Gasteiger partial charge in [-0.25, -0.2) is 0 Å². The van der Waals surface area contributed by atoms with E-state index in [0.29, 0.717) is 16.9 Å². The molecule has 2 N–H and O–H groups in total. The third-order valence-electron chi connectivity index (χ3n) is 2.47. The van der Waals surface area contributed by atoms with Gasteiger partial charge in [-0.15, -0.1) is 0 Å². The molecule has 1 rings (SSSR count). The standard InChI is InChI=1S/C12H14N2O3/c1-16-11-4-3-8(6-13)9(10(11)7-14)5-12(15)17-2/h3-4H,5-6,13H2,1-2H3. The van der Waals surface area contributed by atoms with Crippen LogP contribution in [-0.4, -0.2) is 20.2 Å². The number of nitrogens with two attached hydrogens (primary N) is 1. The largest absolute Gasteiger partial charge is 0.495 e. The summed E-state index contributed by atoms with van der Waals surface area (Å²) in [6.07, 6.45) is 0.0170. The zero-order valence-electron chi connectivity index (χ0n) is 9.82. The highest BCUT2D eigenvalue weighted by molar-refractivity contribution is 5.75. The predicted octanol–water partition coefficient (Wildman–Crippen LogP) is 0.741. The highest BCUT2D eigenvalue weighted by Gasteiger charge is 2.16. The second-order valence-corrected chi connectivity index (χ2v) is 3.35. The number of nitrogens with zero attached hydrogens (tertiary/aromatic N) is 1. The molecule has 0 saturated heterocycles. The first-order valence-corrected chi connectivity index (χ1v) is 5.03. The molecule has 0 aliphatic carbocycles. The Morgan fingerprint density at radius 1 is 1.47 bits per heavy atom. The van der Waals surface area contributed by atoms with Crippen molar-refractivity contribution in [2.24, 2.45) is 5.73 Å². The van der Waals surface area contributed by atoms with Crippen LogP contribution in [0, 0.1) is 11.3 Å². The lowest BCUT2D eigenvalue weighted by molar-refractivity contribution is -0.139. The molecule has 1 aromatic rings. The molecule has 5 nitrogen and oxygen atoms in total.